The molecule has 4 N–H and O–H groups in total. The molecule has 14 heteroatoms. The summed E-state index contributed by atoms with van der Waals surface area (Å²) in [6.07, 6.45) is -9.17. The Bertz CT molecular complexity index is 843. The molecule has 1 aliphatic heterocycles. The first kappa shape index (κ1) is 27.0. The van der Waals surface area contributed by atoms with E-state index in [1.54, 1.807) is 25.1 Å². The van der Waals surface area contributed by atoms with Gasteiger partial charge in [0, 0.05) is 12.1 Å². The number of alkyl halides is 6. The van der Waals surface area contributed by atoms with E-state index in [4.69, 9.17) is 20.4 Å². The molecule has 2 unspecified atom stereocenters. The van der Waals surface area contributed by atoms with Gasteiger partial charge in [-0.3, -0.25) is 14.5 Å². The quantitative estimate of drug-likeness (QED) is 0.563. The molecule has 2 rings (SSSR count). The lowest BCUT2D eigenvalue weighted by Gasteiger charge is -2.27. The van der Waals surface area contributed by atoms with Crippen molar-refractivity contribution in [2.45, 2.75) is 44.2 Å². The lowest BCUT2D eigenvalue weighted by Crippen LogP contribution is -2.53. The van der Waals surface area contributed by atoms with E-state index >= 15 is 0 Å². The number of nitrogens with zero attached hydrogens (tertiary/aromatic N) is 1. The Hall–Kier alpha value is -3.03. The Morgan fingerprint density at radius 3 is 2.25 bits per heavy atom. The summed E-state index contributed by atoms with van der Waals surface area (Å²) in [5.41, 5.74) is 6.89. The topological polar surface area (TPSA) is 122 Å². The smallest absolute Gasteiger partial charge is 0.490 e. The van der Waals surface area contributed by atoms with Gasteiger partial charge in [-0.15, -0.1) is 0 Å². The fraction of sp³-hybridized carbons (Fsp3) is 0.500. The molecule has 0 radical (unpaired) electrons. The van der Waals surface area contributed by atoms with Crippen molar-refractivity contribution in [3.8, 4) is 5.75 Å². The molecule has 0 fully saturated rings. The van der Waals surface area contributed by atoms with E-state index in [2.05, 4.69) is 0 Å². The Balaban J connectivity index is 0.000000633. The first-order chi connectivity index (χ1) is 14.6. The van der Waals surface area contributed by atoms with E-state index in [0.717, 1.165) is 0 Å². The summed E-state index contributed by atoms with van der Waals surface area (Å²) in [4.78, 5) is 34.9. The van der Waals surface area contributed by atoms with Crippen LogP contribution in [0.5, 0.6) is 5.75 Å². The van der Waals surface area contributed by atoms with E-state index < -0.39 is 48.8 Å². The SMILES string of the molecule is CCC(N)C(=O)N1c2ccc(OC)cc2CC1C(=O)NCC(F)(F)F.O=C(O)C(F)(F)F. The second-order valence-corrected chi connectivity index (χ2v) is 6.57. The summed E-state index contributed by atoms with van der Waals surface area (Å²) < 4.78 is 74.0. The lowest BCUT2D eigenvalue weighted by molar-refractivity contribution is -0.192. The van der Waals surface area contributed by atoms with Gasteiger partial charge in [0.2, 0.25) is 11.8 Å². The van der Waals surface area contributed by atoms with Crippen molar-refractivity contribution in [1.29, 1.82) is 0 Å². The molecule has 0 aromatic heterocycles. The van der Waals surface area contributed by atoms with Crippen LogP contribution in [0.15, 0.2) is 18.2 Å². The Kier molecular flexibility index (Phi) is 8.88. The third-order valence-electron chi connectivity index (χ3n) is 4.27. The number of methoxy groups -OCH3 is 1. The molecular weight excluding hydrogens is 452 g/mol. The van der Waals surface area contributed by atoms with Crippen molar-refractivity contribution < 1.29 is 50.6 Å². The van der Waals surface area contributed by atoms with Crippen molar-refractivity contribution >= 4 is 23.5 Å². The van der Waals surface area contributed by atoms with Crippen molar-refractivity contribution in [3.63, 3.8) is 0 Å². The number of hydrogen-bond donors (Lipinski definition) is 3. The highest BCUT2D eigenvalue weighted by Gasteiger charge is 2.41. The van der Waals surface area contributed by atoms with E-state index in [1.165, 1.54) is 12.0 Å². The maximum atomic E-state index is 12.6. The summed E-state index contributed by atoms with van der Waals surface area (Å²) in [6.45, 7) is 0.260. The molecule has 0 bridgehead atoms. The number of rotatable bonds is 5. The van der Waals surface area contributed by atoms with Crippen molar-refractivity contribution in [2.24, 2.45) is 5.73 Å². The number of carboxylic acid groups (broad SMARTS) is 1. The van der Waals surface area contributed by atoms with Crippen molar-refractivity contribution in [3.05, 3.63) is 23.8 Å². The number of nitrogens with two attached hydrogens (primary N) is 1. The zero-order chi connectivity index (χ0) is 24.9. The van der Waals surface area contributed by atoms with Gasteiger partial charge in [0.05, 0.1) is 13.2 Å². The second-order valence-electron chi connectivity index (χ2n) is 6.57. The van der Waals surface area contributed by atoms with Gasteiger partial charge in [-0.2, -0.15) is 26.3 Å². The number of halogens is 6. The molecule has 8 nitrogen and oxygen atoms in total. The molecule has 180 valence electrons. The molecule has 0 saturated carbocycles. The van der Waals surface area contributed by atoms with Gasteiger partial charge in [0.25, 0.3) is 0 Å². The minimum Gasteiger partial charge on any atom is -0.497 e. The van der Waals surface area contributed by atoms with Crippen LogP contribution in [-0.2, 0) is 20.8 Å². The number of carboxylic acids is 1. The molecule has 1 aliphatic rings. The van der Waals surface area contributed by atoms with Crippen LogP contribution in [0.25, 0.3) is 0 Å². The van der Waals surface area contributed by atoms with Crippen LogP contribution < -0.4 is 20.7 Å². The summed E-state index contributed by atoms with van der Waals surface area (Å²) in [7, 11) is 1.47. The van der Waals surface area contributed by atoms with Crippen LogP contribution >= 0.6 is 0 Å². The largest absolute Gasteiger partial charge is 0.497 e. The van der Waals surface area contributed by atoms with Gasteiger partial charge >= 0.3 is 18.3 Å². The van der Waals surface area contributed by atoms with Gasteiger partial charge in [-0.1, -0.05) is 6.92 Å². The fourth-order valence-electron chi connectivity index (χ4n) is 2.70. The number of carbonyl (C=O) groups is 3. The first-order valence-electron chi connectivity index (χ1n) is 9.02. The highest BCUT2D eigenvalue weighted by molar-refractivity contribution is 6.05. The molecule has 2 atom stereocenters. The van der Waals surface area contributed by atoms with Crippen molar-refractivity contribution in [2.75, 3.05) is 18.6 Å². The van der Waals surface area contributed by atoms with Crippen molar-refractivity contribution in [1.82, 2.24) is 5.32 Å². The minimum absolute atomic E-state index is 0.0956. The number of carbonyl (C=O) groups excluding carboxylic acids is 2. The standard InChI is InChI=1S/C16H20F3N3O3.C2HF3O2/c1-3-11(20)15(24)22-12-5-4-10(25-2)6-9(12)7-13(22)14(23)21-8-16(17,18)19;3-2(4,5)1(6)7/h4-6,11,13H,3,7-8,20H2,1-2H3,(H,21,23);(H,6,7). The average Bonchev–Trinajstić information content (AvgIpc) is 3.08. The molecule has 0 aliphatic carbocycles. The number of anilines is 1. The van der Waals surface area contributed by atoms with E-state index in [0.29, 0.717) is 23.4 Å². The molecule has 32 heavy (non-hydrogen) atoms. The average molecular weight is 473 g/mol. The van der Waals surface area contributed by atoms with Crippen LogP contribution in [0, 0.1) is 0 Å². The van der Waals surface area contributed by atoms with Crippen LogP contribution in [-0.4, -0.2) is 61.0 Å². The number of benzene rings is 1. The van der Waals surface area contributed by atoms with Crippen LogP contribution in [0.1, 0.15) is 18.9 Å². The van der Waals surface area contributed by atoms with E-state index in [1.807, 2.05) is 5.32 Å². The molecule has 1 aromatic rings. The third-order valence-corrected chi connectivity index (χ3v) is 4.27. The molecule has 0 spiro atoms. The molecular formula is C18H21F6N3O5. The van der Waals surface area contributed by atoms with Gasteiger partial charge < -0.3 is 20.9 Å². The van der Waals surface area contributed by atoms with E-state index in [-0.39, 0.29) is 6.42 Å². The zero-order valence-electron chi connectivity index (χ0n) is 16.9. The molecule has 1 aromatic carbocycles. The Labute approximate surface area is 178 Å². The monoisotopic (exact) mass is 473 g/mol. The van der Waals surface area contributed by atoms with Gasteiger partial charge in [-0.05, 0) is 30.2 Å². The molecule has 0 saturated heterocycles. The summed E-state index contributed by atoms with van der Waals surface area (Å²) in [5, 5.41) is 8.96. The fourth-order valence-corrected chi connectivity index (χ4v) is 2.70. The number of amides is 2. The highest BCUT2D eigenvalue weighted by atomic mass is 19.4. The van der Waals surface area contributed by atoms with Crippen LogP contribution in [0.3, 0.4) is 0 Å². The molecule has 1 heterocycles. The number of ether oxygens (including phenoxy) is 1. The lowest BCUT2D eigenvalue weighted by atomic mass is 10.1. The number of nitrogens with one attached hydrogen (secondary N) is 1. The first-order valence-corrected chi connectivity index (χ1v) is 9.02. The minimum atomic E-state index is -5.08. The Morgan fingerprint density at radius 1 is 1.25 bits per heavy atom. The summed E-state index contributed by atoms with van der Waals surface area (Å²) in [5.74, 6) is -3.60. The Morgan fingerprint density at radius 2 is 1.81 bits per heavy atom. The van der Waals surface area contributed by atoms with Gasteiger partial charge in [0.15, 0.2) is 0 Å². The predicted molar refractivity (Wildman–Crippen MR) is 99.0 cm³/mol. The summed E-state index contributed by atoms with van der Waals surface area (Å²) >= 11 is 0. The maximum Gasteiger partial charge on any atom is 0.490 e. The van der Waals surface area contributed by atoms with Crippen LogP contribution in [0.2, 0.25) is 0 Å². The number of aliphatic carboxylic acids is 1. The predicted octanol–water partition coefficient (Wildman–Crippen LogP) is 2.00. The second kappa shape index (κ2) is 10.5. The zero-order valence-corrected chi connectivity index (χ0v) is 16.9. The maximum absolute atomic E-state index is 12.6. The van der Waals surface area contributed by atoms with Crippen LogP contribution in [0.4, 0.5) is 32.0 Å². The normalized spacial score (nSPS) is 16.4. The number of hydrogen-bond acceptors (Lipinski definition) is 5. The molecule has 2 amide bonds. The van der Waals surface area contributed by atoms with Gasteiger partial charge in [-0.25, -0.2) is 4.79 Å². The third kappa shape index (κ3) is 7.28. The summed E-state index contributed by atoms with van der Waals surface area (Å²) in [6, 6.07) is 2.96. The van der Waals surface area contributed by atoms with Gasteiger partial charge in [0.1, 0.15) is 18.3 Å². The highest BCUT2D eigenvalue weighted by Crippen LogP contribution is 2.35. The number of fused-ring (bicyclic) bond motifs is 1. The van der Waals surface area contributed by atoms with E-state index in [9.17, 15) is 35.9 Å².